The number of rotatable bonds is 2. The Morgan fingerprint density at radius 3 is 2.33 bits per heavy atom. The predicted molar refractivity (Wildman–Crippen MR) is 69.8 cm³/mol. The molecule has 3 rings (SSSR count). The molecule has 88 valence electrons. The molecule has 4 heteroatoms. The van der Waals surface area contributed by atoms with E-state index in [1.165, 1.54) is 5.56 Å². The van der Waals surface area contributed by atoms with E-state index in [1.54, 1.807) is 12.4 Å². The van der Waals surface area contributed by atoms with Crippen LogP contribution in [0.4, 0.5) is 0 Å². The van der Waals surface area contributed by atoms with E-state index in [1.807, 2.05) is 24.3 Å². The normalized spacial score (nSPS) is 10.5. The fraction of sp³-hybridized carbons (Fsp3) is 0.0714. The second-order valence-corrected chi connectivity index (χ2v) is 4.11. The zero-order chi connectivity index (χ0) is 12.4. The molecule has 0 amide bonds. The Balaban J connectivity index is 1.97. The molecular formula is C14H12N4. The van der Waals surface area contributed by atoms with Gasteiger partial charge >= 0.3 is 0 Å². The maximum Gasteiger partial charge on any atom is 0.181 e. The molecule has 0 saturated heterocycles. The van der Waals surface area contributed by atoms with Crippen LogP contribution < -0.4 is 0 Å². The molecule has 0 saturated carbocycles. The van der Waals surface area contributed by atoms with Crippen LogP contribution in [0.2, 0.25) is 0 Å². The number of hydrogen-bond acceptors (Lipinski definition) is 3. The number of hydrogen-bond donors (Lipinski definition) is 1. The van der Waals surface area contributed by atoms with Gasteiger partial charge in [0.1, 0.15) is 0 Å². The van der Waals surface area contributed by atoms with Gasteiger partial charge in [0.25, 0.3) is 0 Å². The molecule has 0 aliphatic carbocycles. The zero-order valence-electron chi connectivity index (χ0n) is 9.96. The molecule has 2 aromatic heterocycles. The van der Waals surface area contributed by atoms with Crippen LogP contribution in [-0.4, -0.2) is 20.2 Å². The summed E-state index contributed by atoms with van der Waals surface area (Å²) in [6.07, 6.45) is 3.48. The minimum absolute atomic E-state index is 0.710. The van der Waals surface area contributed by atoms with Gasteiger partial charge in [-0.15, -0.1) is 0 Å². The maximum atomic E-state index is 4.49. The number of aryl methyl sites for hydroxylation is 1. The van der Waals surface area contributed by atoms with Crippen molar-refractivity contribution in [2.75, 3.05) is 0 Å². The summed E-state index contributed by atoms with van der Waals surface area (Å²) in [6, 6.07) is 12.0. The lowest BCUT2D eigenvalue weighted by molar-refractivity contribution is 1.10. The minimum Gasteiger partial charge on any atom is -0.265 e. The van der Waals surface area contributed by atoms with Crippen molar-refractivity contribution in [3.8, 4) is 22.8 Å². The summed E-state index contributed by atoms with van der Waals surface area (Å²) in [5.41, 5.74) is 3.22. The molecular weight excluding hydrogens is 224 g/mol. The van der Waals surface area contributed by atoms with Crippen LogP contribution >= 0.6 is 0 Å². The van der Waals surface area contributed by atoms with Crippen molar-refractivity contribution >= 4 is 0 Å². The summed E-state index contributed by atoms with van der Waals surface area (Å²) >= 11 is 0. The Labute approximate surface area is 105 Å². The van der Waals surface area contributed by atoms with Gasteiger partial charge in [0.05, 0.1) is 0 Å². The number of nitrogens with one attached hydrogen (secondary N) is 1. The van der Waals surface area contributed by atoms with Gasteiger partial charge in [-0.2, -0.15) is 5.10 Å². The average Bonchev–Trinajstić information content (AvgIpc) is 2.90. The summed E-state index contributed by atoms with van der Waals surface area (Å²) < 4.78 is 0. The van der Waals surface area contributed by atoms with Gasteiger partial charge in [0.2, 0.25) is 0 Å². The first-order valence-corrected chi connectivity index (χ1v) is 5.73. The summed E-state index contributed by atoms with van der Waals surface area (Å²) in [5, 5.41) is 7.18. The first-order chi connectivity index (χ1) is 8.83. The highest BCUT2D eigenvalue weighted by molar-refractivity contribution is 5.60. The molecule has 0 unspecified atom stereocenters. The highest BCUT2D eigenvalue weighted by Crippen LogP contribution is 2.19. The lowest BCUT2D eigenvalue weighted by Crippen LogP contribution is -1.82. The number of aromatic nitrogens is 4. The Kier molecular flexibility index (Phi) is 2.61. The summed E-state index contributed by atoms with van der Waals surface area (Å²) in [4.78, 5) is 8.47. The van der Waals surface area contributed by atoms with Crippen molar-refractivity contribution in [1.29, 1.82) is 0 Å². The molecule has 0 spiro atoms. The van der Waals surface area contributed by atoms with Crippen molar-refractivity contribution in [1.82, 2.24) is 20.2 Å². The van der Waals surface area contributed by atoms with E-state index in [-0.39, 0.29) is 0 Å². The highest BCUT2D eigenvalue weighted by atomic mass is 15.2. The number of H-pyrrole nitrogens is 1. The first-order valence-electron chi connectivity index (χ1n) is 5.73. The minimum atomic E-state index is 0.710. The van der Waals surface area contributed by atoms with Gasteiger partial charge in [-0.25, -0.2) is 4.98 Å². The van der Waals surface area contributed by atoms with Crippen molar-refractivity contribution in [2.45, 2.75) is 6.92 Å². The van der Waals surface area contributed by atoms with E-state index < -0.39 is 0 Å². The maximum absolute atomic E-state index is 4.49. The van der Waals surface area contributed by atoms with Crippen molar-refractivity contribution < 1.29 is 0 Å². The van der Waals surface area contributed by atoms with Crippen LogP contribution in [-0.2, 0) is 0 Å². The molecule has 0 aliphatic rings. The van der Waals surface area contributed by atoms with E-state index in [4.69, 9.17) is 0 Å². The lowest BCUT2D eigenvalue weighted by Gasteiger charge is -1.95. The van der Waals surface area contributed by atoms with Gasteiger partial charge in [-0.3, -0.25) is 10.1 Å². The topological polar surface area (TPSA) is 54.5 Å². The molecule has 0 radical (unpaired) electrons. The Morgan fingerprint density at radius 1 is 0.889 bits per heavy atom. The van der Waals surface area contributed by atoms with Gasteiger partial charge < -0.3 is 0 Å². The Bertz CT molecular complexity index is 641. The molecule has 4 nitrogen and oxygen atoms in total. The molecule has 3 aromatic rings. The van der Waals surface area contributed by atoms with Crippen LogP contribution in [0.25, 0.3) is 22.8 Å². The van der Waals surface area contributed by atoms with Crippen LogP contribution in [0, 0.1) is 6.92 Å². The van der Waals surface area contributed by atoms with Crippen LogP contribution in [0.1, 0.15) is 5.56 Å². The van der Waals surface area contributed by atoms with E-state index in [9.17, 15) is 0 Å². The predicted octanol–water partition coefficient (Wildman–Crippen LogP) is 2.84. The Morgan fingerprint density at radius 2 is 1.61 bits per heavy atom. The van der Waals surface area contributed by atoms with Gasteiger partial charge in [-0.05, 0) is 19.1 Å². The summed E-state index contributed by atoms with van der Waals surface area (Å²) in [5.74, 6) is 1.47. The second-order valence-electron chi connectivity index (χ2n) is 4.11. The number of nitrogens with zero attached hydrogens (tertiary/aromatic N) is 3. The molecule has 0 atom stereocenters. The second kappa shape index (κ2) is 4.41. The van der Waals surface area contributed by atoms with E-state index >= 15 is 0 Å². The zero-order valence-corrected chi connectivity index (χ0v) is 9.96. The highest BCUT2D eigenvalue weighted by Gasteiger charge is 2.06. The third kappa shape index (κ3) is 2.00. The largest absolute Gasteiger partial charge is 0.265 e. The molecule has 0 bridgehead atoms. The molecule has 1 N–H and O–H groups in total. The number of aromatic amines is 1. The SMILES string of the molecule is Cc1ccc(-c2n[nH]c(-c3ccncc3)n2)cc1. The van der Waals surface area contributed by atoms with Crippen LogP contribution in [0.15, 0.2) is 48.8 Å². The number of benzene rings is 1. The first kappa shape index (κ1) is 10.7. The smallest absolute Gasteiger partial charge is 0.181 e. The molecule has 2 heterocycles. The molecule has 1 aromatic carbocycles. The monoisotopic (exact) mass is 236 g/mol. The van der Waals surface area contributed by atoms with Gasteiger partial charge in [-0.1, -0.05) is 29.8 Å². The fourth-order valence-electron chi connectivity index (χ4n) is 1.73. The third-order valence-electron chi connectivity index (χ3n) is 2.75. The quantitative estimate of drug-likeness (QED) is 0.744. The third-order valence-corrected chi connectivity index (χ3v) is 2.75. The van der Waals surface area contributed by atoms with Crippen molar-refractivity contribution in [3.63, 3.8) is 0 Å². The van der Waals surface area contributed by atoms with E-state index in [0.717, 1.165) is 17.0 Å². The molecule has 0 aliphatic heterocycles. The lowest BCUT2D eigenvalue weighted by atomic mass is 10.1. The average molecular weight is 236 g/mol. The van der Waals surface area contributed by atoms with Gasteiger partial charge in [0.15, 0.2) is 11.6 Å². The summed E-state index contributed by atoms with van der Waals surface area (Å²) in [6.45, 7) is 2.06. The Hall–Kier alpha value is -2.49. The standard InChI is InChI=1S/C14H12N4/c1-10-2-4-11(5-3-10)13-16-14(18-17-13)12-6-8-15-9-7-12/h2-9H,1H3,(H,16,17,18). The fourth-order valence-corrected chi connectivity index (χ4v) is 1.73. The number of pyridine rings is 1. The summed E-state index contributed by atoms with van der Waals surface area (Å²) in [7, 11) is 0. The van der Waals surface area contributed by atoms with Crippen molar-refractivity contribution in [3.05, 3.63) is 54.4 Å². The molecule has 18 heavy (non-hydrogen) atoms. The molecule has 0 fully saturated rings. The van der Waals surface area contributed by atoms with E-state index in [0.29, 0.717) is 5.82 Å². The van der Waals surface area contributed by atoms with Gasteiger partial charge in [0, 0.05) is 23.5 Å². The van der Waals surface area contributed by atoms with Crippen LogP contribution in [0.5, 0.6) is 0 Å². The van der Waals surface area contributed by atoms with E-state index in [2.05, 4.69) is 39.2 Å². The van der Waals surface area contributed by atoms with Crippen molar-refractivity contribution in [2.24, 2.45) is 0 Å². The van der Waals surface area contributed by atoms with Crippen LogP contribution in [0.3, 0.4) is 0 Å².